The Labute approximate surface area is 130 Å². The van der Waals surface area contributed by atoms with E-state index in [9.17, 15) is 9.90 Å². The van der Waals surface area contributed by atoms with E-state index in [1.54, 1.807) is 0 Å². The van der Waals surface area contributed by atoms with Gasteiger partial charge in [-0.1, -0.05) is 34.8 Å². The fraction of sp³-hybridized carbons (Fsp3) is 0.667. The standard InChI is InChI=1S/C9H12Cl3N3O3S/c1-18-6(16)3-2-5-4-8(17,9(10,11)12)15(14-5)7(13)19/h17H,2-4H2,1H3,(H2,13,19)/t8-/m0/s1. The topological polar surface area (TPSA) is 88.2 Å². The fourth-order valence-corrected chi connectivity index (χ4v) is 2.19. The minimum atomic E-state index is -2.06. The first-order valence-corrected chi connectivity index (χ1v) is 6.68. The third kappa shape index (κ3) is 3.61. The van der Waals surface area contributed by atoms with E-state index in [-0.39, 0.29) is 24.4 Å². The molecule has 0 saturated carbocycles. The lowest BCUT2D eigenvalue weighted by Gasteiger charge is -2.36. The number of thiocarbonyl (C=S) groups is 1. The van der Waals surface area contributed by atoms with Crippen molar-refractivity contribution in [1.82, 2.24) is 5.01 Å². The lowest BCUT2D eigenvalue weighted by molar-refractivity contribution is -0.140. The molecule has 0 unspecified atom stereocenters. The van der Waals surface area contributed by atoms with Crippen molar-refractivity contribution in [3.05, 3.63) is 0 Å². The molecule has 0 aromatic rings. The van der Waals surface area contributed by atoms with Crippen LogP contribution in [0.25, 0.3) is 0 Å². The van der Waals surface area contributed by atoms with Crippen molar-refractivity contribution < 1.29 is 14.6 Å². The van der Waals surface area contributed by atoms with Crippen LogP contribution in [0.5, 0.6) is 0 Å². The van der Waals surface area contributed by atoms with Crippen molar-refractivity contribution in [2.45, 2.75) is 28.8 Å². The van der Waals surface area contributed by atoms with Crippen LogP contribution in [0.15, 0.2) is 5.10 Å². The molecule has 3 N–H and O–H groups in total. The van der Waals surface area contributed by atoms with E-state index in [0.717, 1.165) is 5.01 Å². The van der Waals surface area contributed by atoms with Crippen molar-refractivity contribution in [3.8, 4) is 0 Å². The molecule has 108 valence electrons. The Morgan fingerprint density at radius 3 is 2.63 bits per heavy atom. The Balaban J connectivity index is 2.87. The van der Waals surface area contributed by atoms with Gasteiger partial charge < -0.3 is 15.6 Å². The first-order chi connectivity index (χ1) is 8.61. The fourth-order valence-electron chi connectivity index (χ4n) is 1.56. The number of hydrazone groups is 1. The van der Waals surface area contributed by atoms with Crippen molar-refractivity contribution in [1.29, 1.82) is 0 Å². The highest BCUT2D eigenvalue weighted by atomic mass is 35.6. The Morgan fingerprint density at radius 1 is 1.68 bits per heavy atom. The molecule has 1 heterocycles. The monoisotopic (exact) mass is 347 g/mol. The van der Waals surface area contributed by atoms with E-state index >= 15 is 0 Å². The Hall–Kier alpha value is -0.340. The lowest BCUT2D eigenvalue weighted by atomic mass is 10.1. The molecular formula is C9H12Cl3N3O3S. The predicted octanol–water partition coefficient (Wildman–Crippen LogP) is 1.30. The number of rotatable bonds is 3. The summed E-state index contributed by atoms with van der Waals surface area (Å²) in [5.41, 5.74) is 3.91. The molecule has 0 aromatic heterocycles. The summed E-state index contributed by atoms with van der Waals surface area (Å²) in [4.78, 5) is 11.1. The quantitative estimate of drug-likeness (QED) is 0.454. The molecule has 0 radical (unpaired) electrons. The van der Waals surface area contributed by atoms with Gasteiger partial charge >= 0.3 is 5.97 Å². The maximum atomic E-state index is 11.1. The van der Waals surface area contributed by atoms with E-state index in [4.69, 9.17) is 52.8 Å². The van der Waals surface area contributed by atoms with Crippen LogP contribution in [-0.2, 0) is 9.53 Å². The molecule has 0 amide bonds. The van der Waals surface area contributed by atoms with Crippen LogP contribution in [0.4, 0.5) is 0 Å². The zero-order valence-corrected chi connectivity index (χ0v) is 13.0. The maximum Gasteiger partial charge on any atom is 0.305 e. The van der Waals surface area contributed by atoms with E-state index < -0.39 is 15.5 Å². The van der Waals surface area contributed by atoms with Gasteiger partial charge in [-0.05, 0) is 18.6 Å². The van der Waals surface area contributed by atoms with Gasteiger partial charge in [0.25, 0.3) is 0 Å². The Kier molecular flexibility index (Phi) is 5.25. The number of halogens is 3. The second-order valence-electron chi connectivity index (χ2n) is 3.88. The Morgan fingerprint density at radius 2 is 2.26 bits per heavy atom. The smallest absolute Gasteiger partial charge is 0.305 e. The molecule has 10 heteroatoms. The second-order valence-corrected chi connectivity index (χ2v) is 6.58. The Bertz CT molecular complexity index is 427. The van der Waals surface area contributed by atoms with Gasteiger partial charge in [0.05, 0.1) is 13.5 Å². The normalized spacial score (nSPS) is 23.2. The zero-order valence-electron chi connectivity index (χ0n) is 9.90. The van der Waals surface area contributed by atoms with Gasteiger partial charge in [0.15, 0.2) is 5.11 Å². The molecule has 0 spiro atoms. The molecule has 0 aliphatic carbocycles. The van der Waals surface area contributed by atoms with Crippen LogP contribution in [0, 0.1) is 0 Å². The summed E-state index contributed by atoms with van der Waals surface area (Å²) >= 11 is 22.0. The molecule has 0 bridgehead atoms. The van der Waals surface area contributed by atoms with Crippen LogP contribution in [0.2, 0.25) is 0 Å². The van der Waals surface area contributed by atoms with Gasteiger partial charge in [0, 0.05) is 12.1 Å². The minimum absolute atomic E-state index is 0.0855. The highest BCUT2D eigenvalue weighted by Crippen LogP contribution is 2.45. The largest absolute Gasteiger partial charge is 0.469 e. The third-order valence-electron chi connectivity index (χ3n) is 2.55. The molecule has 19 heavy (non-hydrogen) atoms. The van der Waals surface area contributed by atoms with E-state index in [2.05, 4.69) is 9.84 Å². The second kappa shape index (κ2) is 5.97. The summed E-state index contributed by atoms with van der Waals surface area (Å²) in [7, 11) is 1.28. The van der Waals surface area contributed by atoms with Gasteiger partial charge in [-0.25, -0.2) is 5.01 Å². The van der Waals surface area contributed by atoms with Crippen molar-refractivity contribution in [2.24, 2.45) is 10.8 Å². The number of ether oxygens (including phenoxy) is 1. The van der Waals surface area contributed by atoms with Crippen molar-refractivity contribution in [2.75, 3.05) is 7.11 Å². The third-order valence-corrected chi connectivity index (χ3v) is 3.63. The molecule has 1 rings (SSSR count). The van der Waals surface area contributed by atoms with Crippen LogP contribution in [-0.4, -0.2) is 43.5 Å². The molecule has 0 aromatic carbocycles. The average molecular weight is 349 g/mol. The van der Waals surface area contributed by atoms with E-state index in [0.29, 0.717) is 5.71 Å². The highest BCUT2D eigenvalue weighted by Gasteiger charge is 2.56. The van der Waals surface area contributed by atoms with Gasteiger partial charge in [-0.3, -0.25) is 4.79 Å². The number of carbonyl (C=O) groups is 1. The summed E-state index contributed by atoms with van der Waals surface area (Å²) in [6, 6.07) is 0. The van der Waals surface area contributed by atoms with Gasteiger partial charge in [0.2, 0.25) is 9.52 Å². The predicted molar refractivity (Wildman–Crippen MR) is 77.2 cm³/mol. The number of alkyl halides is 3. The summed E-state index contributed by atoms with van der Waals surface area (Å²) < 4.78 is 2.44. The SMILES string of the molecule is COC(=O)CCC1=NN(C(N)=S)[C@@](O)(C(Cl)(Cl)Cl)C1. The summed E-state index contributed by atoms with van der Waals surface area (Å²) in [5, 5.41) is 15.0. The van der Waals surface area contributed by atoms with Gasteiger partial charge in [0.1, 0.15) is 0 Å². The molecule has 1 atom stereocenters. The molecule has 0 fully saturated rings. The van der Waals surface area contributed by atoms with Crippen LogP contribution >= 0.6 is 47.0 Å². The maximum absolute atomic E-state index is 11.1. The number of nitrogens with zero attached hydrogens (tertiary/aromatic N) is 2. The van der Waals surface area contributed by atoms with E-state index in [1.807, 2.05) is 0 Å². The summed E-state index contributed by atoms with van der Waals surface area (Å²) in [6.45, 7) is 0. The number of aliphatic hydroxyl groups is 1. The summed E-state index contributed by atoms with van der Waals surface area (Å²) in [5.74, 6) is -0.408. The highest BCUT2D eigenvalue weighted by molar-refractivity contribution is 7.80. The first kappa shape index (κ1) is 16.7. The molecular weight excluding hydrogens is 337 g/mol. The average Bonchev–Trinajstić information content (AvgIpc) is 2.64. The number of esters is 1. The molecule has 6 nitrogen and oxygen atoms in total. The van der Waals surface area contributed by atoms with Crippen LogP contribution < -0.4 is 5.73 Å². The number of carbonyl (C=O) groups excluding carboxylic acids is 1. The molecule has 1 aliphatic rings. The van der Waals surface area contributed by atoms with Crippen LogP contribution in [0.1, 0.15) is 19.3 Å². The zero-order chi connectivity index (χ0) is 14.8. The van der Waals surface area contributed by atoms with Crippen molar-refractivity contribution in [3.63, 3.8) is 0 Å². The molecule has 0 saturated heterocycles. The molecule has 1 aliphatic heterocycles. The summed E-state index contributed by atoms with van der Waals surface area (Å²) in [6.07, 6.45) is 0.253. The number of nitrogens with two attached hydrogens (primary N) is 1. The van der Waals surface area contributed by atoms with Gasteiger partial charge in [-0.15, -0.1) is 0 Å². The van der Waals surface area contributed by atoms with E-state index in [1.165, 1.54) is 7.11 Å². The first-order valence-electron chi connectivity index (χ1n) is 5.13. The van der Waals surface area contributed by atoms with Crippen molar-refractivity contribution >= 4 is 63.8 Å². The number of methoxy groups -OCH3 is 1. The van der Waals surface area contributed by atoms with Crippen LogP contribution in [0.3, 0.4) is 0 Å². The lowest BCUT2D eigenvalue weighted by Crippen LogP contribution is -2.56. The number of hydrogen-bond acceptors (Lipinski definition) is 5. The number of hydrogen-bond donors (Lipinski definition) is 2. The van der Waals surface area contributed by atoms with Gasteiger partial charge in [-0.2, -0.15) is 5.10 Å². The minimum Gasteiger partial charge on any atom is -0.469 e.